The lowest BCUT2D eigenvalue weighted by Gasteiger charge is -2.39. The van der Waals surface area contributed by atoms with Crippen LogP contribution in [0, 0.1) is 0 Å². The van der Waals surface area contributed by atoms with Crippen LogP contribution >= 0.6 is 15.9 Å². The van der Waals surface area contributed by atoms with Crippen LogP contribution in [0.4, 0.5) is 0 Å². The van der Waals surface area contributed by atoms with Crippen LogP contribution in [0.5, 0.6) is 0 Å². The van der Waals surface area contributed by atoms with E-state index in [2.05, 4.69) is 45.1 Å². The van der Waals surface area contributed by atoms with Crippen molar-refractivity contribution in [2.75, 3.05) is 19.6 Å². The maximum absolute atomic E-state index is 4.25. The molecular weight excluding hydrogens is 268 g/mol. The van der Waals surface area contributed by atoms with Crippen molar-refractivity contribution in [3.05, 3.63) is 16.4 Å². The van der Waals surface area contributed by atoms with E-state index in [-0.39, 0.29) is 5.54 Å². The standard InChI is InChI=1S/C11H19BrN4/c1-11(2)8-16(5-4-13-11)7-10-9(12)6-14-15(10)3/h6,13H,4-5,7-8H2,1-3H3. The van der Waals surface area contributed by atoms with Crippen LogP contribution in [0.3, 0.4) is 0 Å². The zero-order chi connectivity index (χ0) is 11.8. The van der Waals surface area contributed by atoms with E-state index in [1.165, 1.54) is 5.69 Å². The van der Waals surface area contributed by atoms with Crippen LogP contribution in [0.25, 0.3) is 0 Å². The highest BCUT2D eigenvalue weighted by Crippen LogP contribution is 2.19. The topological polar surface area (TPSA) is 33.1 Å². The number of halogens is 1. The Kier molecular flexibility index (Phi) is 3.37. The third-order valence-corrected chi connectivity index (χ3v) is 3.70. The zero-order valence-corrected chi connectivity index (χ0v) is 11.7. The van der Waals surface area contributed by atoms with Crippen molar-refractivity contribution in [2.24, 2.45) is 7.05 Å². The van der Waals surface area contributed by atoms with Gasteiger partial charge in [0.15, 0.2) is 0 Å². The van der Waals surface area contributed by atoms with Gasteiger partial charge < -0.3 is 5.32 Å². The fraction of sp³-hybridized carbons (Fsp3) is 0.727. The minimum absolute atomic E-state index is 0.212. The molecule has 1 saturated heterocycles. The van der Waals surface area contributed by atoms with Crippen molar-refractivity contribution in [1.29, 1.82) is 0 Å². The van der Waals surface area contributed by atoms with Crippen molar-refractivity contribution in [3.63, 3.8) is 0 Å². The van der Waals surface area contributed by atoms with Gasteiger partial charge in [0.05, 0.1) is 16.4 Å². The van der Waals surface area contributed by atoms with Crippen LogP contribution in [0.15, 0.2) is 10.7 Å². The van der Waals surface area contributed by atoms with Gasteiger partial charge in [0.1, 0.15) is 0 Å². The van der Waals surface area contributed by atoms with E-state index >= 15 is 0 Å². The van der Waals surface area contributed by atoms with Crippen molar-refractivity contribution in [2.45, 2.75) is 25.9 Å². The van der Waals surface area contributed by atoms with Gasteiger partial charge in [-0.05, 0) is 29.8 Å². The molecule has 1 aliphatic rings. The van der Waals surface area contributed by atoms with Crippen LogP contribution < -0.4 is 5.32 Å². The van der Waals surface area contributed by atoms with Crippen LogP contribution in [-0.2, 0) is 13.6 Å². The molecule has 0 aromatic carbocycles. The largest absolute Gasteiger partial charge is 0.309 e. The molecule has 0 radical (unpaired) electrons. The van der Waals surface area contributed by atoms with Gasteiger partial charge in [0, 0.05) is 38.8 Å². The minimum Gasteiger partial charge on any atom is -0.309 e. The van der Waals surface area contributed by atoms with Crippen LogP contribution in [0.1, 0.15) is 19.5 Å². The predicted molar refractivity (Wildman–Crippen MR) is 68.3 cm³/mol. The highest BCUT2D eigenvalue weighted by Gasteiger charge is 2.26. The summed E-state index contributed by atoms with van der Waals surface area (Å²) in [6, 6.07) is 0. The Bertz CT molecular complexity index is 353. The number of nitrogens with zero attached hydrogens (tertiary/aromatic N) is 3. The summed E-state index contributed by atoms with van der Waals surface area (Å²) in [5, 5.41) is 7.77. The smallest absolute Gasteiger partial charge is 0.0663 e. The molecule has 1 aromatic rings. The number of aromatic nitrogens is 2. The predicted octanol–water partition coefficient (Wildman–Crippen LogP) is 1.37. The van der Waals surface area contributed by atoms with Gasteiger partial charge in [0.2, 0.25) is 0 Å². The number of hydrogen-bond donors (Lipinski definition) is 1. The summed E-state index contributed by atoms with van der Waals surface area (Å²) in [6.45, 7) is 8.69. The van der Waals surface area contributed by atoms with Gasteiger partial charge >= 0.3 is 0 Å². The maximum Gasteiger partial charge on any atom is 0.0663 e. The SMILES string of the molecule is Cn1ncc(Br)c1CN1CCNC(C)(C)C1. The number of piperazine rings is 1. The van der Waals surface area contributed by atoms with Crippen LogP contribution in [0.2, 0.25) is 0 Å². The molecule has 2 rings (SSSR count). The first-order chi connectivity index (χ1) is 7.48. The Hall–Kier alpha value is -0.390. The molecule has 4 nitrogen and oxygen atoms in total. The molecule has 2 heterocycles. The quantitative estimate of drug-likeness (QED) is 0.892. The number of aryl methyl sites for hydroxylation is 1. The average Bonchev–Trinajstić information content (AvgIpc) is 2.48. The second kappa shape index (κ2) is 4.47. The molecule has 1 N–H and O–H groups in total. The summed E-state index contributed by atoms with van der Waals surface area (Å²) in [6.07, 6.45) is 1.86. The fourth-order valence-electron chi connectivity index (χ4n) is 2.21. The van der Waals surface area contributed by atoms with E-state index in [0.717, 1.165) is 30.7 Å². The molecule has 1 fully saturated rings. The first-order valence-corrected chi connectivity index (χ1v) is 6.41. The Morgan fingerprint density at radius 2 is 2.31 bits per heavy atom. The summed E-state index contributed by atoms with van der Waals surface area (Å²) in [5.41, 5.74) is 1.46. The first-order valence-electron chi connectivity index (χ1n) is 5.62. The summed E-state index contributed by atoms with van der Waals surface area (Å²) < 4.78 is 3.05. The van der Waals surface area contributed by atoms with Crippen molar-refractivity contribution in [3.8, 4) is 0 Å². The molecule has 1 aliphatic heterocycles. The van der Waals surface area contributed by atoms with Crippen molar-refractivity contribution >= 4 is 15.9 Å². The van der Waals surface area contributed by atoms with E-state index < -0.39 is 0 Å². The fourth-order valence-corrected chi connectivity index (χ4v) is 2.68. The summed E-state index contributed by atoms with van der Waals surface area (Å²) in [4.78, 5) is 2.47. The first kappa shape index (κ1) is 12.1. The average molecular weight is 287 g/mol. The Morgan fingerprint density at radius 3 is 2.88 bits per heavy atom. The minimum atomic E-state index is 0.212. The summed E-state index contributed by atoms with van der Waals surface area (Å²) in [7, 11) is 1.99. The van der Waals surface area contributed by atoms with Crippen LogP contribution in [-0.4, -0.2) is 39.9 Å². The van der Waals surface area contributed by atoms with Gasteiger partial charge in [-0.3, -0.25) is 9.58 Å². The summed E-state index contributed by atoms with van der Waals surface area (Å²) in [5.74, 6) is 0. The van der Waals surface area contributed by atoms with E-state index in [0.29, 0.717) is 0 Å². The lowest BCUT2D eigenvalue weighted by Crippen LogP contribution is -2.56. The normalized spacial score (nSPS) is 21.2. The molecular formula is C11H19BrN4. The molecule has 0 spiro atoms. The molecule has 0 saturated carbocycles. The van der Waals surface area contributed by atoms with E-state index in [4.69, 9.17) is 0 Å². The second-order valence-corrected chi connectivity index (χ2v) is 5.94. The maximum atomic E-state index is 4.25. The molecule has 0 amide bonds. The lowest BCUT2D eigenvalue weighted by atomic mass is 10.0. The Labute approximate surface area is 105 Å². The van der Waals surface area contributed by atoms with Crippen molar-refractivity contribution < 1.29 is 0 Å². The Morgan fingerprint density at radius 1 is 1.56 bits per heavy atom. The monoisotopic (exact) mass is 286 g/mol. The van der Waals surface area contributed by atoms with Gasteiger partial charge in [-0.25, -0.2) is 0 Å². The highest BCUT2D eigenvalue weighted by molar-refractivity contribution is 9.10. The van der Waals surface area contributed by atoms with Crippen molar-refractivity contribution in [1.82, 2.24) is 20.0 Å². The molecule has 0 bridgehead atoms. The Balaban J connectivity index is 2.05. The second-order valence-electron chi connectivity index (χ2n) is 5.08. The molecule has 0 atom stereocenters. The van der Waals surface area contributed by atoms with Gasteiger partial charge in [-0.1, -0.05) is 0 Å². The molecule has 0 aliphatic carbocycles. The molecule has 1 aromatic heterocycles. The van der Waals surface area contributed by atoms with E-state index in [1.807, 2.05) is 17.9 Å². The molecule has 16 heavy (non-hydrogen) atoms. The van der Waals surface area contributed by atoms with Gasteiger partial charge in [-0.15, -0.1) is 0 Å². The van der Waals surface area contributed by atoms with Gasteiger partial charge in [-0.2, -0.15) is 5.10 Å². The number of nitrogens with one attached hydrogen (secondary N) is 1. The van der Waals surface area contributed by atoms with E-state index in [1.54, 1.807) is 0 Å². The number of hydrogen-bond acceptors (Lipinski definition) is 3. The lowest BCUT2D eigenvalue weighted by molar-refractivity contribution is 0.145. The summed E-state index contributed by atoms with van der Waals surface area (Å²) >= 11 is 3.55. The number of rotatable bonds is 2. The third-order valence-electron chi connectivity index (χ3n) is 3.03. The van der Waals surface area contributed by atoms with Gasteiger partial charge in [0.25, 0.3) is 0 Å². The van der Waals surface area contributed by atoms with E-state index in [9.17, 15) is 0 Å². The molecule has 0 unspecified atom stereocenters. The molecule has 90 valence electrons. The highest BCUT2D eigenvalue weighted by atomic mass is 79.9. The molecule has 5 heteroatoms. The third kappa shape index (κ3) is 2.64. The zero-order valence-electron chi connectivity index (χ0n) is 10.1.